The first-order valence-corrected chi connectivity index (χ1v) is 8.23. The van der Waals surface area contributed by atoms with Gasteiger partial charge in [-0.3, -0.25) is 4.98 Å². The first kappa shape index (κ1) is 12.9. The quantitative estimate of drug-likeness (QED) is 0.878. The summed E-state index contributed by atoms with van der Waals surface area (Å²) in [4.78, 5) is 4.65. The molecule has 0 fully saturated rings. The second-order valence-corrected chi connectivity index (χ2v) is 6.29. The Labute approximate surface area is 126 Å². The number of aromatic nitrogens is 1. The lowest BCUT2D eigenvalue weighted by Gasteiger charge is -2.28. The van der Waals surface area contributed by atoms with Crippen LogP contribution in [0.3, 0.4) is 0 Å². The number of hydrogen-bond donors (Lipinski definition) is 1. The average molecular weight is 278 g/mol. The molecular formula is C19H22N2. The van der Waals surface area contributed by atoms with Gasteiger partial charge < -0.3 is 5.32 Å². The molecule has 2 aliphatic rings. The molecule has 0 aliphatic heterocycles. The molecule has 2 heteroatoms. The van der Waals surface area contributed by atoms with Crippen LogP contribution in [0, 0.1) is 0 Å². The van der Waals surface area contributed by atoms with E-state index in [4.69, 9.17) is 0 Å². The number of aryl methyl sites for hydroxylation is 2. The van der Waals surface area contributed by atoms with Crippen LogP contribution >= 0.6 is 0 Å². The Balaban J connectivity index is 1.66. The van der Waals surface area contributed by atoms with Crippen molar-refractivity contribution in [1.29, 1.82) is 0 Å². The van der Waals surface area contributed by atoms with Gasteiger partial charge >= 0.3 is 0 Å². The fourth-order valence-corrected chi connectivity index (χ4v) is 3.85. The molecular weight excluding hydrogens is 256 g/mol. The summed E-state index contributed by atoms with van der Waals surface area (Å²) in [6.07, 6.45) is 10.7. The van der Waals surface area contributed by atoms with Gasteiger partial charge in [0.25, 0.3) is 0 Å². The Morgan fingerprint density at radius 3 is 2.76 bits per heavy atom. The maximum absolute atomic E-state index is 4.65. The van der Waals surface area contributed by atoms with Crippen molar-refractivity contribution in [2.45, 2.75) is 51.0 Å². The third kappa shape index (κ3) is 2.44. The monoisotopic (exact) mass is 278 g/mol. The molecule has 1 unspecified atom stereocenters. The van der Waals surface area contributed by atoms with Gasteiger partial charge in [-0.15, -0.1) is 0 Å². The summed E-state index contributed by atoms with van der Waals surface area (Å²) in [6.45, 7) is 0. The summed E-state index contributed by atoms with van der Waals surface area (Å²) in [5.74, 6) is 0. The minimum atomic E-state index is 0.378. The Morgan fingerprint density at radius 2 is 1.76 bits per heavy atom. The summed E-state index contributed by atoms with van der Waals surface area (Å²) in [7, 11) is 0. The van der Waals surface area contributed by atoms with Crippen LogP contribution in [0.5, 0.6) is 0 Å². The zero-order valence-corrected chi connectivity index (χ0v) is 12.4. The number of fused-ring (bicyclic) bond motifs is 2. The molecule has 2 aromatic rings. The minimum absolute atomic E-state index is 0.378. The van der Waals surface area contributed by atoms with Crippen LogP contribution in [0.25, 0.3) is 0 Å². The molecule has 1 aromatic carbocycles. The molecule has 0 amide bonds. The van der Waals surface area contributed by atoms with E-state index in [9.17, 15) is 0 Å². The molecule has 4 rings (SSSR count). The number of nitrogens with zero attached hydrogens (tertiary/aromatic N) is 1. The van der Waals surface area contributed by atoms with Crippen molar-refractivity contribution in [2.24, 2.45) is 0 Å². The Kier molecular flexibility index (Phi) is 3.38. The van der Waals surface area contributed by atoms with E-state index >= 15 is 0 Å². The minimum Gasteiger partial charge on any atom is -0.376 e. The summed E-state index contributed by atoms with van der Waals surface area (Å²) in [5.41, 5.74) is 7.12. The Hall–Kier alpha value is -1.83. The van der Waals surface area contributed by atoms with Gasteiger partial charge in [-0.1, -0.05) is 18.2 Å². The van der Waals surface area contributed by atoms with Crippen molar-refractivity contribution in [3.8, 4) is 0 Å². The molecule has 1 atom stereocenters. The van der Waals surface area contributed by atoms with Crippen molar-refractivity contribution >= 4 is 5.69 Å². The van der Waals surface area contributed by atoms with Crippen LogP contribution in [0.2, 0.25) is 0 Å². The van der Waals surface area contributed by atoms with E-state index in [0.29, 0.717) is 6.04 Å². The number of nitrogens with one attached hydrogen (secondary N) is 1. The lowest BCUT2D eigenvalue weighted by molar-refractivity contribution is 0.581. The van der Waals surface area contributed by atoms with Crippen LogP contribution in [-0.2, 0) is 19.3 Å². The van der Waals surface area contributed by atoms with Crippen molar-refractivity contribution < 1.29 is 0 Å². The summed E-state index contributed by atoms with van der Waals surface area (Å²) >= 11 is 0. The number of hydrogen-bond acceptors (Lipinski definition) is 2. The number of anilines is 1. The number of rotatable bonds is 2. The van der Waals surface area contributed by atoms with E-state index in [2.05, 4.69) is 40.6 Å². The Bertz CT molecular complexity index is 648. The van der Waals surface area contributed by atoms with E-state index in [1.54, 1.807) is 11.1 Å². The van der Waals surface area contributed by atoms with Crippen molar-refractivity contribution in [2.75, 3.05) is 5.32 Å². The first-order valence-electron chi connectivity index (χ1n) is 8.23. The van der Waals surface area contributed by atoms with Gasteiger partial charge in [0.15, 0.2) is 0 Å². The highest BCUT2D eigenvalue weighted by atomic mass is 15.0. The second kappa shape index (κ2) is 5.51. The topological polar surface area (TPSA) is 24.9 Å². The summed E-state index contributed by atoms with van der Waals surface area (Å²) in [6, 6.07) is 11.4. The fourth-order valence-electron chi connectivity index (χ4n) is 3.85. The lowest BCUT2D eigenvalue weighted by atomic mass is 9.88. The van der Waals surface area contributed by atoms with E-state index in [1.165, 1.54) is 61.9 Å². The highest BCUT2D eigenvalue weighted by molar-refractivity contribution is 5.57. The van der Waals surface area contributed by atoms with Crippen molar-refractivity contribution in [1.82, 2.24) is 4.98 Å². The molecule has 0 spiro atoms. The molecule has 0 saturated carbocycles. The van der Waals surface area contributed by atoms with E-state index < -0.39 is 0 Å². The smallest absolute Gasteiger partial charge is 0.0688 e. The maximum atomic E-state index is 4.65. The predicted octanol–water partition coefficient (Wildman–Crippen LogP) is 4.45. The second-order valence-electron chi connectivity index (χ2n) is 6.29. The van der Waals surface area contributed by atoms with Crippen LogP contribution in [0.1, 0.15) is 54.1 Å². The molecule has 2 nitrogen and oxygen atoms in total. The zero-order valence-electron chi connectivity index (χ0n) is 12.4. The van der Waals surface area contributed by atoms with Gasteiger partial charge in [-0.25, -0.2) is 0 Å². The highest BCUT2D eigenvalue weighted by Crippen LogP contribution is 2.34. The number of benzene rings is 1. The third-order valence-electron chi connectivity index (χ3n) is 4.92. The summed E-state index contributed by atoms with van der Waals surface area (Å²) < 4.78 is 0. The van der Waals surface area contributed by atoms with Crippen LogP contribution in [-0.4, -0.2) is 4.98 Å². The van der Waals surface area contributed by atoms with Crippen LogP contribution < -0.4 is 5.32 Å². The maximum Gasteiger partial charge on any atom is 0.0688 e. The van der Waals surface area contributed by atoms with E-state index in [-0.39, 0.29) is 0 Å². The van der Waals surface area contributed by atoms with Gasteiger partial charge in [0.05, 0.1) is 11.7 Å². The van der Waals surface area contributed by atoms with Crippen molar-refractivity contribution in [3.63, 3.8) is 0 Å². The largest absolute Gasteiger partial charge is 0.376 e. The van der Waals surface area contributed by atoms with Crippen LogP contribution in [0.4, 0.5) is 5.69 Å². The van der Waals surface area contributed by atoms with Gasteiger partial charge in [0, 0.05) is 11.9 Å². The molecule has 108 valence electrons. The lowest BCUT2D eigenvalue weighted by Crippen LogP contribution is -2.20. The SMILES string of the molecule is c1cnc2c(c1)CCCC2Nc1cccc2c1CCCC2. The van der Waals surface area contributed by atoms with Gasteiger partial charge in [-0.2, -0.15) is 0 Å². The molecule has 0 bridgehead atoms. The van der Waals surface area contributed by atoms with Gasteiger partial charge in [0.2, 0.25) is 0 Å². The van der Waals surface area contributed by atoms with E-state index in [0.717, 1.165) is 0 Å². The highest BCUT2D eigenvalue weighted by Gasteiger charge is 2.22. The molecule has 1 N–H and O–H groups in total. The molecule has 2 aliphatic carbocycles. The number of pyridine rings is 1. The average Bonchev–Trinajstić information content (AvgIpc) is 2.56. The van der Waals surface area contributed by atoms with E-state index in [1.807, 2.05) is 6.20 Å². The zero-order chi connectivity index (χ0) is 14.1. The van der Waals surface area contributed by atoms with Crippen LogP contribution in [0.15, 0.2) is 36.5 Å². The third-order valence-corrected chi connectivity index (χ3v) is 4.92. The molecule has 1 aromatic heterocycles. The normalized spacial score (nSPS) is 20.5. The fraction of sp³-hybridized carbons (Fsp3) is 0.421. The summed E-state index contributed by atoms with van der Waals surface area (Å²) in [5, 5.41) is 3.80. The van der Waals surface area contributed by atoms with Gasteiger partial charge in [0.1, 0.15) is 0 Å². The first-order chi connectivity index (χ1) is 10.4. The standard InChI is InChI=1S/C19H22N2/c1-2-10-16-14(6-1)7-3-11-17(16)21-18-12-4-8-15-9-5-13-20-19(15)18/h3,5,7,9,11,13,18,21H,1-2,4,6,8,10,12H2. The molecule has 21 heavy (non-hydrogen) atoms. The molecule has 0 radical (unpaired) electrons. The molecule has 0 saturated heterocycles. The van der Waals surface area contributed by atoms with Crippen molar-refractivity contribution in [3.05, 3.63) is 58.9 Å². The Morgan fingerprint density at radius 1 is 0.905 bits per heavy atom. The van der Waals surface area contributed by atoms with Gasteiger partial charge in [-0.05, 0) is 73.8 Å². The predicted molar refractivity (Wildman–Crippen MR) is 86.6 cm³/mol. The molecule has 1 heterocycles.